The van der Waals surface area contributed by atoms with Crippen molar-refractivity contribution < 1.29 is 4.79 Å². The van der Waals surface area contributed by atoms with E-state index in [2.05, 4.69) is 35.5 Å². The normalized spacial score (nSPS) is 12.0. The first-order valence-electron chi connectivity index (χ1n) is 8.38. The van der Waals surface area contributed by atoms with Gasteiger partial charge < -0.3 is 5.32 Å². The van der Waals surface area contributed by atoms with Crippen molar-refractivity contribution in [1.29, 1.82) is 0 Å². The molecule has 4 rings (SSSR count). The Balaban J connectivity index is 1.71. The molecule has 1 amide bonds. The molecule has 3 aromatic heterocycles. The fraction of sp³-hybridized carbons (Fsp3) is 0.111. The van der Waals surface area contributed by atoms with Crippen molar-refractivity contribution in [2.75, 3.05) is 0 Å². The molecule has 10 heteroatoms. The van der Waals surface area contributed by atoms with Gasteiger partial charge in [-0.25, -0.2) is 14.8 Å². The maximum atomic E-state index is 12.8. The van der Waals surface area contributed by atoms with Crippen molar-refractivity contribution in [2.45, 2.75) is 13.0 Å². The quantitative estimate of drug-likeness (QED) is 0.408. The monoisotopic (exact) mass is 377 g/mol. The van der Waals surface area contributed by atoms with Crippen LogP contribution in [0, 0.1) is 6.92 Å². The molecular weight excluding hydrogens is 362 g/mol. The van der Waals surface area contributed by atoms with Crippen LogP contribution in [0.15, 0.2) is 52.2 Å². The number of carbonyl (C=O) groups is 1. The molecule has 1 atom stereocenters. The van der Waals surface area contributed by atoms with Crippen LogP contribution in [0.25, 0.3) is 11.0 Å². The van der Waals surface area contributed by atoms with Crippen LogP contribution in [0.4, 0.5) is 0 Å². The minimum Gasteiger partial charge on any atom is -0.338 e. The molecule has 140 valence electrons. The number of amides is 1. The lowest BCUT2D eigenvalue weighted by atomic mass is 10.1. The van der Waals surface area contributed by atoms with Gasteiger partial charge in [0.05, 0.1) is 10.9 Å². The van der Waals surface area contributed by atoms with Crippen molar-refractivity contribution in [3.8, 4) is 0 Å². The summed E-state index contributed by atoms with van der Waals surface area (Å²) in [6.07, 6.45) is 1.29. The summed E-state index contributed by atoms with van der Waals surface area (Å²) in [7, 11) is 0. The lowest BCUT2D eigenvalue weighted by molar-refractivity contribution is 0.0941. The van der Waals surface area contributed by atoms with Gasteiger partial charge in [-0.3, -0.25) is 24.7 Å². The molecule has 0 bridgehead atoms. The average Bonchev–Trinajstić information content (AvgIpc) is 3.12. The molecule has 28 heavy (non-hydrogen) atoms. The van der Waals surface area contributed by atoms with E-state index in [1.165, 1.54) is 12.3 Å². The third kappa shape index (κ3) is 3.30. The van der Waals surface area contributed by atoms with Gasteiger partial charge in [-0.05, 0) is 18.6 Å². The maximum Gasteiger partial charge on any atom is 0.327 e. The lowest BCUT2D eigenvalue weighted by Crippen LogP contribution is -2.30. The number of hydrogen-bond donors (Lipinski definition) is 4. The van der Waals surface area contributed by atoms with Crippen molar-refractivity contribution in [2.24, 2.45) is 0 Å². The molecule has 0 fully saturated rings. The standard InChI is InChI=1S/C18H15N7O3/c1-9-20-15(25-24-9)13(10-5-3-2-4-6-10)21-16(26)11-7-12-14(19-8-11)22-18(28)23-17(12)27/h2-8,13H,1H3,(H,21,26)(H,20,24,25)(H2,19,22,23,27,28). The molecule has 0 saturated heterocycles. The summed E-state index contributed by atoms with van der Waals surface area (Å²) in [5.74, 6) is 0.567. The van der Waals surface area contributed by atoms with Crippen LogP contribution in [0.1, 0.15) is 33.6 Å². The van der Waals surface area contributed by atoms with Crippen LogP contribution in [-0.2, 0) is 0 Å². The molecular formula is C18H15N7O3. The molecule has 4 N–H and O–H groups in total. The molecule has 0 radical (unpaired) electrons. The predicted molar refractivity (Wildman–Crippen MR) is 99.9 cm³/mol. The highest BCUT2D eigenvalue weighted by Crippen LogP contribution is 2.19. The number of aromatic nitrogens is 6. The van der Waals surface area contributed by atoms with Crippen LogP contribution in [0.3, 0.4) is 0 Å². The zero-order valence-corrected chi connectivity index (χ0v) is 14.7. The number of benzene rings is 1. The number of nitrogens with zero attached hydrogens (tertiary/aromatic N) is 3. The Hall–Kier alpha value is -4.08. The summed E-state index contributed by atoms with van der Waals surface area (Å²) in [5, 5.41) is 9.89. The largest absolute Gasteiger partial charge is 0.338 e. The first-order valence-corrected chi connectivity index (χ1v) is 8.38. The van der Waals surface area contributed by atoms with E-state index in [9.17, 15) is 14.4 Å². The van der Waals surface area contributed by atoms with E-state index < -0.39 is 23.2 Å². The Kier molecular flexibility index (Phi) is 4.28. The Morgan fingerprint density at radius 2 is 1.93 bits per heavy atom. The fourth-order valence-electron chi connectivity index (χ4n) is 2.82. The molecule has 0 aliphatic heterocycles. The Morgan fingerprint density at radius 1 is 1.14 bits per heavy atom. The molecule has 10 nitrogen and oxygen atoms in total. The predicted octanol–water partition coefficient (Wildman–Crippen LogP) is 0.557. The second-order valence-electron chi connectivity index (χ2n) is 6.12. The van der Waals surface area contributed by atoms with E-state index in [0.29, 0.717) is 11.6 Å². The van der Waals surface area contributed by atoms with Gasteiger partial charge in [0, 0.05) is 6.20 Å². The molecule has 0 aliphatic carbocycles. The summed E-state index contributed by atoms with van der Waals surface area (Å²) < 4.78 is 0. The van der Waals surface area contributed by atoms with E-state index in [1.54, 1.807) is 6.92 Å². The van der Waals surface area contributed by atoms with E-state index in [1.807, 2.05) is 30.3 Å². The van der Waals surface area contributed by atoms with Gasteiger partial charge in [-0.1, -0.05) is 30.3 Å². The topological polar surface area (TPSA) is 149 Å². The van der Waals surface area contributed by atoms with Crippen molar-refractivity contribution in [1.82, 2.24) is 35.5 Å². The highest BCUT2D eigenvalue weighted by atomic mass is 16.2. The Morgan fingerprint density at radius 3 is 2.64 bits per heavy atom. The number of fused-ring (bicyclic) bond motifs is 1. The average molecular weight is 377 g/mol. The lowest BCUT2D eigenvalue weighted by Gasteiger charge is -2.16. The number of aryl methyl sites for hydroxylation is 1. The fourth-order valence-corrected chi connectivity index (χ4v) is 2.82. The first kappa shape index (κ1) is 17.3. The van der Waals surface area contributed by atoms with Gasteiger partial charge in [0.1, 0.15) is 17.5 Å². The summed E-state index contributed by atoms with van der Waals surface area (Å²) in [6.45, 7) is 1.76. The molecule has 1 unspecified atom stereocenters. The van der Waals surface area contributed by atoms with Gasteiger partial charge in [0.2, 0.25) is 0 Å². The first-order chi connectivity index (χ1) is 13.5. The zero-order valence-electron chi connectivity index (χ0n) is 14.7. The summed E-state index contributed by atoms with van der Waals surface area (Å²) in [4.78, 5) is 49.0. The molecule has 0 spiro atoms. The Labute approximate surface area is 157 Å². The molecule has 3 heterocycles. The van der Waals surface area contributed by atoms with E-state index in [-0.39, 0.29) is 16.6 Å². The number of carbonyl (C=O) groups excluding carboxylic acids is 1. The number of pyridine rings is 1. The minimum absolute atomic E-state index is 0.106. The number of nitrogens with one attached hydrogen (secondary N) is 4. The van der Waals surface area contributed by atoms with Crippen molar-refractivity contribution in [3.05, 3.63) is 86.2 Å². The third-order valence-electron chi connectivity index (χ3n) is 4.13. The van der Waals surface area contributed by atoms with E-state index in [0.717, 1.165) is 5.56 Å². The van der Waals surface area contributed by atoms with E-state index >= 15 is 0 Å². The van der Waals surface area contributed by atoms with E-state index in [4.69, 9.17) is 0 Å². The third-order valence-corrected chi connectivity index (χ3v) is 4.13. The van der Waals surface area contributed by atoms with Crippen LogP contribution in [-0.4, -0.2) is 36.0 Å². The van der Waals surface area contributed by atoms with Crippen molar-refractivity contribution >= 4 is 16.9 Å². The smallest absolute Gasteiger partial charge is 0.327 e. The minimum atomic E-state index is -0.661. The second kappa shape index (κ2) is 6.91. The number of rotatable bonds is 4. The van der Waals surface area contributed by atoms with Crippen LogP contribution < -0.4 is 16.6 Å². The SMILES string of the molecule is Cc1nc(C(NC(=O)c2cnc3[nH]c(=O)[nH]c(=O)c3c2)c2ccccc2)n[nH]1. The van der Waals surface area contributed by atoms with Gasteiger partial charge in [-0.15, -0.1) is 0 Å². The zero-order chi connectivity index (χ0) is 19.7. The number of H-pyrrole nitrogens is 3. The van der Waals surface area contributed by atoms with Crippen LogP contribution in [0.2, 0.25) is 0 Å². The number of aromatic amines is 3. The van der Waals surface area contributed by atoms with Gasteiger partial charge >= 0.3 is 5.69 Å². The highest BCUT2D eigenvalue weighted by Gasteiger charge is 2.22. The summed E-state index contributed by atoms with van der Waals surface area (Å²) in [6, 6.07) is 10.0. The number of hydrogen-bond acceptors (Lipinski definition) is 6. The molecule has 1 aromatic carbocycles. The summed E-state index contributed by atoms with van der Waals surface area (Å²) >= 11 is 0. The van der Waals surface area contributed by atoms with Crippen LogP contribution in [0.5, 0.6) is 0 Å². The van der Waals surface area contributed by atoms with Gasteiger partial charge in [0.25, 0.3) is 11.5 Å². The van der Waals surface area contributed by atoms with Gasteiger partial charge in [0.15, 0.2) is 5.82 Å². The highest BCUT2D eigenvalue weighted by molar-refractivity contribution is 5.97. The summed E-state index contributed by atoms with van der Waals surface area (Å²) in [5.41, 5.74) is -0.213. The Bertz CT molecular complexity index is 1270. The van der Waals surface area contributed by atoms with Crippen LogP contribution >= 0.6 is 0 Å². The molecule has 0 saturated carbocycles. The second-order valence-corrected chi connectivity index (χ2v) is 6.12. The molecule has 0 aliphatic rings. The van der Waals surface area contributed by atoms with Gasteiger partial charge in [-0.2, -0.15) is 5.10 Å². The molecule has 4 aromatic rings. The van der Waals surface area contributed by atoms with Crippen molar-refractivity contribution in [3.63, 3.8) is 0 Å². The maximum absolute atomic E-state index is 12.8.